The summed E-state index contributed by atoms with van der Waals surface area (Å²) < 4.78 is 1.75. The number of aromatic nitrogens is 1. The fourth-order valence-electron chi connectivity index (χ4n) is 2.22. The average Bonchev–Trinajstić information content (AvgIpc) is 2.64. The number of hydrogen-bond acceptors (Lipinski definition) is 3. The van der Waals surface area contributed by atoms with E-state index in [2.05, 4.69) is 6.07 Å². The van der Waals surface area contributed by atoms with Crippen LogP contribution in [0.4, 0.5) is 5.69 Å². The second-order valence-corrected chi connectivity index (χ2v) is 4.48. The van der Waals surface area contributed by atoms with Crippen LogP contribution in [0, 0.1) is 42.2 Å². The number of benzene rings is 1. The van der Waals surface area contributed by atoms with Crippen molar-refractivity contribution in [2.24, 2.45) is 0 Å². The van der Waals surface area contributed by atoms with Crippen LogP contribution in [0.1, 0.15) is 22.5 Å². The van der Waals surface area contributed by atoms with Crippen molar-refractivity contribution >= 4 is 5.69 Å². The highest BCUT2D eigenvalue weighted by Gasteiger charge is 2.19. The fourth-order valence-corrected chi connectivity index (χ4v) is 2.22. The van der Waals surface area contributed by atoms with Crippen molar-refractivity contribution in [2.45, 2.75) is 20.8 Å². The van der Waals surface area contributed by atoms with Gasteiger partial charge >= 0.3 is 0 Å². The van der Waals surface area contributed by atoms with Gasteiger partial charge < -0.3 is 4.57 Å². The lowest BCUT2D eigenvalue weighted by Crippen LogP contribution is -2.04. The van der Waals surface area contributed by atoms with Gasteiger partial charge in [-0.3, -0.25) is 10.1 Å². The van der Waals surface area contributed by atoms with Crippen molar-refractivity contribution in [3.8, 4) is 11.8 Å². The van der Waals surface area contributed by atoms with Crippen molar-refractivity contribution in [3.05, 3.63) is 56.9 Å². The van der Waals surface area contributed by atoms with E-state index in [-0.39, 0.29) is 5.69 Å². The van der Waals surface area contributed by atoms with Gasteiger partial charge in [-0.1, -0.05) is 6.07 Å². The van der Waals surface area contributed by atoms with Gasteiger partial charge in [0.1, 0.15) is 11.8 Å². The van der Waals surface area contributed by atoms with Crippen molar-refractivity contribution in [2.75, 3.05) is 0 Å². The van der Waals surface area contributed by atoms with Crippen LogP contribution in [0.2, 0.25) is 0 Å². The van der Waals surface area contributed by atoms with Gasteiger partial charge in [0.15, 0.2) is 0 Å². The van der Waals surface area contributed by atoms with E-state index in [0.29, 0.717) is 16.9 Å². The molecule has 0 aliphatic heterocycles. The second kappa shape index (κ2) is 4.58. The van der Waals surface area contributed by atoms with E-state index in [1.165, 1.54) is 0 Å². The Morgan fingerprint density at radius 1 is 1.26 bits per heavy atom. The van der Waals surface area contributed by atoms with Crippen molar-refractivity contribution in [1.82, 2.24) is 4.57 Å². The monoisotopic (exact) mass is 255 g/mol. The third kappa shape index (κ3) is 2.08. The van der Waals surface area contributed by atoms with E-state index in [4.69, 9.17) is 5.26 Å². The third-order valence-corrected chi connectivity index (χ3v) is 3.12. The van der Waals surface area contributed by atoms with Crippen LogP contribution in [0.3, 0.4) is 0 Å². The predicted molar refractivity (Wildman–Crippen MR) is 71.3 cm³/mol. The number of hydrogen-bond donors (Lipinski definition) is 0. The summed E-state index contributed by atoms with van der Waals surface area (Å²) in [4.78, 5) is 10.8. The number of nitrogens with zero attached hydrogens (tertiary/aromatic N) is 3. The van der Waals surface area contributed by atoms with Gasteiger partial charge in [0.05, 0.1) is 10.5 Å². The first-order valence-corrected chi connectivity index (χ1v) is 5.80. The van der Waals surface area contributed by atoms with E-state index in [0.717, 1.165) is 11.3 Å². The third-order valence-electron chi connectivity index (χ3n) is 3.12. The zero-order valence-corrected chi connectivity index (χ0v) is 11.0. The van der Waals surface area contributed by atoms with Crippen LogP contribution in [0.25, 0.3) is 5.69 Å². The van der Waals surface area contributed by atoms with Crippen LogP contribution in [0.15, 0.2) is 24.3 Å². The van der Waals surface area contributed by atoms with Crippen LogP contribution in [0.5, 0.6) is 0 Å². The summed E-state index contributed by atoms with van der Waals surface area (Å²) in [6, 6.07) is 8.92. The molecule has 96 valence electrons. The van der Waals surface area contributed by atoms with Gasteiger partial charge in [-0.05, 0) is 38.5 Å². The summed E-state index contributed by atoms with van der Waals surface area (Å²) in [7, 11) is 0. The Labute approximate surface area is 110 Å². The zero-order valence-electron chi connectivity index (χ0n) is 11.0. The van der Waals surface area contributed by atoms with Gasteiger partial charge in [0.2, 0.25) is 0 Å². The van der Waals surface area contributed by atoms with E-state index in [1.54, 1.807) is 29.7 Å². The largest absolute Gasteiger partial charge is 0.311 e. The van der Waals surface area contributed by atoms with Crippen molar-refractivity contribution in [3.63, 3.8) is 0 Å². The van der Waals surface area contributed by atoms with Gasteiger partial charge in [0.25, 0.3) is 5.69 Å². The summed E-state index contributed by atoms with van der Waals surface area (Å²) in [6.07, 6.45) is 0. The van der Waals surface area contributed by atoms with Crippen LogP contribution >= 0.6 is 0 Å². The summed E-state index contributed by atoms with van der Waals surface area (Å²) in [5.74, 6) is 0. The molecule has 5 heteroatoms. The molecule has 0 unspecified atom stereocenters. The number of aryl methyl sites for hydroxylation is 2. The van der Waals surface area contributed by atoms with Gasteiger partial charge in [-0.15, -0.1) is 0 Å². The molecule has 0 fully saturated rings. The van der Waals surface area contributed by atoms with Crippen LogP contribution in [-0.2, 0) is 0 Å². The predicted octanol–water partition coefficient (Wildman–Crippen LogP) is 3.18. The first-order valence-electron chi connectivity index (χ1n) is 5.80. The molecule has 1 aromatic carbocycles. The molecule has 0 aliphatic carbocycles. The summed E-state index contributed by atoms with van der Waals surface area (Å²) in [5, 5.41) is 20.2. The zero-order chi connectivity index (χ0) is 14.2. The Balaban J connectivity index is 2.76. The van der Waals surface area contributed by atoms with Crippen molar-refractivity contribution in [1.29, 1.82) is 5.26 Å². The fraction of sp³-hybridized carbons (Fsp3) is 0.214. The Bertz CT molecular complexity index is 708. The SMILES string of the molecule is Cc1ccc(-n2c(C)cc(C#N)c2C)c([N+](=O)[O-])c1. The second-order valence-electron chi connectivity index (χ2n) is 4.48. The highest BCUT2D eigenvalue weighted by Crippen LogP contribution is 2.28. The molecular weight excluding hydrogens is 242 g/mol. The molecule has 0 N–H and O–H groups in total. The topological polar surface area (TPSA) is 71.9 Å². The number of nitriles is 1. The molecule has 0 bridgehead atoms. The molecule has 0 saturated heterocycles. The Morgan fingerprint density at radius 3 is 2.47 bits per heavy atom. The van der Waals surface area contributed by atoms with Crippen molar-refractivity contribution < 1.29 is 4.92 Å². The molecule has 2 aromatic rings. The lowest BCUT2D eigenvalue weighted by molar-refractivity contribution is -0.384. The lowest BCUT2D eigenvalue weighted by atomic mass is 10.2. The Morgan fingerprint density at radius 2 is 1.95 bits per heavy atom. The van der Waals surface area contributed by atoms with Gasteiger partial charge in [0, 0.05) is 17.5 Å². The minimum Gasteiger partial charge on any atom is -0.311 e. The quantitative estimate of drug-likeness (QED) is 0.611. The first-order chi connectivity index (χ1) is 8.95. The van der Waals surface area contributed by atoms with E-state index in [9.17, 15) is 10.1 Å². The van der Waals surface area contributed by atoms with Crippen LogP contribution < -0.4 is 0 Å². The molecule has 1 heterocycles. The molecule has 0 spiro atoms. The lowest BCUT2D eigenvalue weighted by Gasteiger charge is -2.10. The minimum absolute atomic E-state index is 0.0475. The maximum absolute atomic E-state index is 11.2. The molecule has 5 nitrogen and oxygen atoms in total. The maximum Gasteiger partial charge on any atom is 0.293 e. The summed E-state index contributed by atoms with van der Waals surface area (Å²) in [6.45, 7) is 5.43. The molecule has 0 saturated carbocycles. The summed E-state index contributed by atoms with van der Waals surface area (Å²) >= 11 is 0. The number of nitro groups is 1. The molecule has 2 rings (SSSR count). The standard InChI is InChI=1S/C14H13N3O2/c1-9-4-5-13(14(6-9)17(18)19)16-10(2)7-12(8-15)11(16)3/h4-7H,1-3H3. The molecule has 0 radical (unpaired) electrons. The highest BCUT2D eigenvalue weighted by molar-refractivity contribution is 5.57. The van der Waals surface area contributed by atoms with E-state index in [1.807, 2.05) is 19.9 Å². The number of nitro benzene ring substituents is 1. The molecule has 0 aliphatic rings. The normalized spacial score (nSPS) is 10.2. The van der Waals surface area contributed by atoms with Crippen LogP contribution in [-0.4, -0.2) is 9.49 Å². The molecular formula is C14H13N3O2. The molecule has 0 atom stereocenters. The van der Waals surface area contributed by atoms with Gasteiger partial charge in [-0.2, -0.15) is 5.26 Å². The molecule has 19 heavy (non-hydrogen) atoms. The first kappa shape index (κ1) is 12.8. The van der Waals surface area contributed by atoms with Gasteiger partial charge in [-0.25, -0.2) is 0 Å². The molecule has 1 aromatic heterocycles. The van der Waals surface area contributed by atoms with E-state index >= 15 is 0 Å². The Kier molecular flexibility index (Phi) is 3.09. The van der Waals surface area contributed by atoms with E-state index < -0.39 is 4.92 Å². The molecule has 0 amide bonds. The maximum atomic E-state index is 11.2. The average molecular weight is 255 g/mol. The smallest absolute Gasteiger partial charge is 0.293 e. The summed E-state index contributed by atoms with van der Waals surface area (Å²) in [5.41, 5.74) is 3.43. The highest BCUT2D eigenvalue weighted by atomic mass is 16.6. The number of rotatable bonds is 2. The Hall–Kier alpha value is -2.61. The minimum atomic E-state index is -0.396.